The van der Waals surface area contributed by atoms with Gasteiger partial charge in [-0.3, -0.25) is 0 Å². The normalized spacial score (nSPS) is 14.1. The minimum absolute atomic E-state index is 0.693. The summed E-state index contributed by atoms with van der Waals surface area (Å²) in [5, 5.41) is 11.3. The van der Waals surface area contributed by atoms with Gasteiger partial charge < -0.3 is 5.11 Å². The Morgan fingerprint density at radius 1 is 1.11 bits per heavy atom. The van der Waals surface area contributed by atoms with E-state index in [0.717, 1.165) is 17.0 Å². The first-order valence-electron chi connectivity index (χ1n) is 6.51. The summed E-state index contributed by atoms with van der Waals surface area (Å²) >= 11 is 5.87. The molecule has 0 amide bonds. The van der Waals surface area contributed by atoms with Gasteiger partial charge >= 0.3 is 0 Å². The van der Waals surface area contributed by atoms with Gasteiger partial charge in [0.05, 0.1) is 5.60 Å². The second-order valence-electron chi connectivity index (χ2n) is 5.27. The number of benzene rings is 2. The monoisotopic (exact) mass is 274 g/mol. The third kappa shape index (κ3) is 3.82. The topological polar surface area (TPSA) is 20.2 Å². The lowest BCUT2D eigenvalue weighted by atomic mass is 9.89. The lowest BCUT2D eigenvalue weighted by molar-refractivity contribution is 0.0480. The average molecular weight is 275 g/mol. The molecule has 0 saturated heterocycles. The summed E-state index contributed by atoms with van der Waals surface area (Å²) in [4.78, 5) is 0. The van der Waals surface area contributed by atoms with Gasteiger partial charge in [0, 0.05) is 5.02 Å². The van der Waals surface area contributed by atoms with Crippen LogP contribution in [0, 0.1) is 6.92 Å². The van der Waals surface area contributed by atoms with Gasteiger partial charge in [-0.1, -0.05) is 53.6 Å². The lowest BCUT2D eigenvalue weighted by Crippen LogP contribution is -2.22. The molecular formula is C17H19ClO. The van der Waals surface area contributed by atoms with Crippen LogP contribution in [0.1, 0.15) is 30.0 Å². The molecule has 0 fully saturated rings. The van der Waals surface area contributed by atoms with E-state index in [1.54, 1.807) is 0 Å². The van der Waals surface area contributed by atoms with Crippen molar-refractivity contribution in [2.24, 2.45) is 0 Å². The van der Waals surface area contributed by atoms with Gasteiger partial charge in [0.2, 0.25) is 0 Å². The van der Waals surface area contributed by atoms with Crippen molar-refractivity contribution < 1.29 is 5.11 Å². The highest BCUT2D eigenvalue weighted by Gasteiger charge is 2.22. The van der Waals surface area contributed by atoms with Crippen LogP contribution < -0.4 is 0 Å². The molecule has 0 bridgehead atoms. The van der Waals surface area contributed by atoms with E-state index in [1.165, 1.54) is 11.1 Å². The molecule has 2 heteroatoms. The van der Waals surface area contributed by atoms with Crippen molar-refractivity contribution in [3.63, 3.8) is 0 Å². The molecular weight excluding hydrogens is 256 g/mol. The largest absolute Gasteiger partial charge is 0.385 e. The Hall–Kier alpha value is -1.31. The number of hydrogen-bond donors (Lipinski definition) is 1. The molecule has 0 aliphatic carbocycles. The van der Waals surface area contributed by atoms with E-state index in [0.29, 0.717) is 6.42 Å². The van der Waals surface area contributed by atoms with E-state index < -0.39 is 5.60 Å². The van der Waals surface area contributed by atoms with Gasteiger partial charge in [0.25, 0.3) is 0 Å². The van der Waals surface area contributed by atoms with Gasteiger partial charge in [-0.05, 0) is 49.9 Å². The van der Waals surface area contributed by atoms with Crippen LogP contribution in [0.2, 0.25) is 5.02 Å². The zero-order valence-electron chi connectivity index (χ0n) is 11.4. The summed E-state index contributed by atoms with van der Waals surface area (Å²) in [6.45, 7) is 3.91. The minimum Gasteiger partial charge on any atom is -0.385 e. The number of aliphatic hydroxyl groups is 1. The molecule has 0 spiro atoms. The summed E-state index contributed by atoms with van der Waals surface area (Å²) in [7, 11) is 0. The van der Waals surface area contributed by atoms with Crippen molar-refractivity contribution in [1.82, 2.24) is 0 Å². The van der Waals surface area contributed by atoms with Crippen molar-refractivity contribution in [3.05, 3.63) is 70.2 Å². The summed E-state index contributed by atoms with van der Waals surface area (Å²) < 4.78 is 0. The van der Waals surface area contributed by atoms with Crippen molar-refractivity contribution in [1.29, 1.82) is 0 Å². The molecule has 1 nitrogen and oxygen atoms in total. The fourth-order valence-corrected chi connectivity index (χ4v) is 2.29. The molecule has 0 radical (unpaired) electrons. The molecule has 2 rings (SSSR count). The number of rotatable bonds is 4. The molecule has 0 saturated carbocycles. The van der Waals surface area contributed by atoms with Crippen LogP contribution in [-0.2, 0) is 12.0 Å². The molecule has 0 heterocycles. The van der Waals surface area contributed by atoms with Crippen LogP contribution in [0.25, 0.3) is 0 Å². The number of aryl methyl sites for hydroxylation is 2. The molecule has 2 aromatic carbocycles. The zero-order valence-corrected chi connectivity index (χ0v) is 12.1. The number of hydrogen-bond acceptors (Lipinski definition) is 1. The highest BCUT2D eigenvalue weighted by atomic mass is 35.5. The fourth-order valence-electron chi connectivity index (χ4n) is 2.16. The summed E-state index contributed by atoms with van der Waals surface area (Å²) in [6.07, 6.45) is 1.52. The van der Waals surface area contributed by atoms with Crippen molar-refractivity contribution in [2.45, 2.75) is 32.3 Å². The van der Waals surface area contributed by atoms with E-state index in [2.05, 4.69) is 0 Å². The molecule has 1 atom stereocenters. The van der Waals surface area contributed by atoms with E-state index in [9.17, 15) is 5.11 Å². The Bertz CT molecular complexity index is 543. The van der Waals surface area contributed by atoms with Crippen molar-refractivity contribution in [2.75, 3.05) is 0 Å². The highest BCUT2D eigenvalue weighted by Crippen LogP contribution is 2.27. The van der Waals surface area contributed by atoms with E-state index in [4.69, 9.17) is 11.6 Å². The van der Waals surface area contributed by atoms with Crippen LogP contribution in [0.3, 0.4) is 0 Å². The minimum atomic E-state index is -0.800. The smallest absolute Gasteiger partial charge is 0.0871 e. The predicted octanol–water partition coefficient (Wildman–Crippen LogP) is 4.49. The van der Waals surface area contributed by atoms with E-state index >= 15 is 0 Å². The molecule has 19 heavy (non-hydrogen) atoms. The molecule has 100 valence electrons. The molecule has 2 aromatic rings. The first-order valence-corrected chi connectivity index (χ1v) is 6.89. The maximum absolute atomic E-state index is 10.6. The Labute approximate surface area is 119 Å². The average Bonchev–Trinajstić information content (AvgIpc) is 2.38. The van der Waals surface area contributed by atoms with Gasteiger partial charge in [-0.2, -0.15) is 0 Å². The second kappa shape index (κ2) is 5.77. The highest BCUT2D eigenvalue weighted by molar-refractivity contribution is 6.30. The third-order valence-corrected chi connectivity index (χ3v) is 3.71. The van der Waals surface area contributed by atoms with Crippen LogP contribution in [0.15, 0.2) is 48.5 Å². The van der Waals surface area contributed by atoms with Crippen LogP contribution >= 0.6 is 11.6 Å². The third-order valence-electron chi connectivity index (χ3n) is 3.45. The SMILES string of the molecule is Cc1cccc(C(C)(O)CCc2ccc(Cl)cc2)c1. The molecule has 0 aliphatic rings. The Balaban J connectivity index is 2.07. The van der Waals surface area contributed by atoms with Crippen molar-refractivity contribution in [3.8, 4) is 0 Å². The van der Waals surface area contributed by atoms with E-state index in [1.807, 2.05) is 62.4 Å². The Morgan fingerprint density at radius 3 is 2.42 bits per heavy atom. The van der Waals surface area contributed by atoms with Crippen molar-refractivity contribution >= 4 is 11.6 Å². The van der Waals surface area contributed by atoms with Gasteiger partial charge in [-0.25, -0.2) is 0 Å². The Kier molecular flexibility index (Phi) is 4.28. The second-order valence-corrected chi connectivity index (χ2v) is 5.71. The van der Waals surface area contributed by atoms with Gasteiger partial charge in [-0.15, -0.1) is 0 Å². The first kappa shape index (κ1) is 14.1. The quantitative estimate of drug-likeness (QED) is 0.871. The maximum atomic E-state index is 10.6. The van der Waals surface area contributed by atoms with Crippen LogP contribution in [-0.4, -0.2) is 5.11 Å². The summed E-state index contributed by atoms with van der Waals surface area (Å²) in [6, 6.07) is 15.8. The zero-order chi connectivity index (χ0) is 13.9. The summed E-state index contributed by atoms with van der Waals surface area (Å²) in [5.74, 6) is 0. The number of halogens is 1. The standard InChI is InChI=1S/C17H19ClO/c1-13-4-3-5-15(12-13)17(2,19)11-10-14-6-8-16(18)9-7-14/h3-9,12,19H,10-11H2,1-2H3. The first-order chi connectivity index (χ1) is 8.97. The maximum Gasteiger partial charge on any atom is 0.0871 e. The van der Waals surface area contributed by atoms with Crippen LogP contribution in [0.4, 0.5) is 0 Å². The van der Waals surface area contributed by atoms with Gasteiger partial charge in [0.1, 0.15) is 0 Å². The Morgan fingerprint density at radius 2 is 1.79 bits per heavy atom. The predicted molar refractivity (Wildman–Crippen MR) is 80.5 cm³/mol. The van der Waals surface area contributed by atoms with E-state index in [-0.39, 0.29) is 0 Å². The van der Waals surface area contributed by atoms with Crippen LogP contribution in [0.5, 0.6) is 0 Å². The molecule has 1 N–H and O–H groups in total. The molecule has 1 unspecified atom stereocenters. The summed E-state index contributed by atoms with van der Waals surface area (Å²) in [5.41, 5.74) is 2.54. The molecule has 0 aromatic heterocycles. The fraction of sp³-hybridized carbons (Fsp3) is 0.294. The van der Waals surface area contributed by atoms with Gasteiger partial charge in [0.15, 0.2) is 0 Å². The molecule has 0 aliphatic heterocycles. The lowest BCUT2D eigenvalue weighted by Gasteiger charge is -2.24.